The molecular formula is C23H28N4O3. The Bertz CT molecular complexity index is 1130. The zero-order valence-electron chi connectivity index (χ0n) is 18.0. The van der Waals surface area contributed by atoms with Crippen LogP contribution in [0.15, 0.2) is 58.1 Å². The van der Waals surface area contributed by atoms with Crippen molar-refractivity contribution in [2.24, 2.45) is 0 Å². The maximum absolute atomic E-state index is 13.1. The summed E-state index contributed by atoms with van der Waals surface area (Å²) in [6.45, 7) is 9.79. The average molecular weight is 409 g/mol. The van der Waals surface area contributed by atoms with Crippen molar-refractivity contribution in [3.05, 3.63) is 80.6 Å². The van der Waals surface area contributed by atoms with Crippen LogP contribution in [0.2, 0.25) is 0 Å². The van der Waals surface area contributed by atoms with Gasteiger partial charge < -0.3 is 10.1 Å². The number of hydrogen-bond donors (Lipinski definition) is 1. The molecule has 158 valence electrons. The molecule has 0 aliphatic carbocycles. The molecule has 2 aromatic carbocycles. The van der Waals surface area contributed by atoms with Crippen molar-refractivity contribution in [1.29, 1.82) is 0 Å². The Morgan fingerprint density at radius 2 is 1.73 bits per heavy atom. The number of nitrogens with zero attached hydrogens (tertiary/aromatic N) is 3. The summed E-state index contributed by atoms with van der Waals surface area (Å²) < 4.78 is 8.39. The summed E-state index contributed by atoms with van der Waals surface area (Å²) in [7, 11) is 0. The lowest BCUT2D eigenvalue weighted by molar-refractivity contribution is 0.242. The number of hydrogen-bond acceptors (Lipinski definition) is 5. The van der Waals surface area contributed by atoms with Gasteiger partial charge in [0, 0.05) is 17.8 Å². The predicted molar refractivity (Wildman–Crippen MR) is 119 cm³/mol. The second-order valence-electron chi connectivity index (χ2n) is 7.86. The Labute approximate surface area is 176 Å². The molecule has 3 rings (SSSR count). The maximum atomic E-state index is 13.1. The van der Waals surface area contributed by atoms with Gasteiger partial charge in [-0.1, -0.05) is 35.9 Å². The molecule has 1 aromatic heterocycles. The zero-order valence-corrected chi connectivity index (χ0v) is 18.0. The van der Waals surface area contributed by atoms with Gasteiger partial charge in [-0.2, -0.15) is 4.98 Å². The summed E-state index contributed by atoms with van der Waals surface area (Å²) >= 11 is 0. The minimum Gasteiger partial charge on any atom is -0.491 e. The second kappa shape index (κ2) is 8.98. The third kappa shape index (κ3) is 4.97. The average Bonchev–Trinajstić information content (AvgIpc) is 2.65. The fourth-order valence-corrected chi connectivity index (χ4v) is 3.11. The zero-order chi connectivity index (χ0) is 21.8. The highest BCUT2D eigenvalue weighted by Gasteiger charge is 2.16. The van der Waals surface area contributed by atoms with Gasteiger partial charge in [0.2, 0.25) is 5.95 Å². The van der Waals surface area contributed by atoms with Crippen molar-refractivity contribution in [2.45, 2.75) is 53.3 Å². The molecule has 0 radical (unpaired) electrons. The summed E-state index contributed by atoms with van der Waals surface area (Å²) in [6.07, 6.45) is 0.0352. The number of aryl methyl sites for hydroxylation is 1. The number of rotatable bonds is 7. The summed E-state index contributed by atoms with van der Waals surface area (Å²) in [5.74, 6) is 0.891. The second-order valence-corrected chi connectivity index (χ2v) is 7.86. The normalized spacial score (nSPS) is 11.2. The van der Waals surface area contributed by atoms with Gasteiger partial charge in [-0.15, -0.1) is 0 Å². The molecule has 7 nitrogen and oxygen atoms in total. The van der Waals surface area contributed by atoms with Crippen molar-refractivity contribution >= 4 is 11.6 Å². The summed E-state index contributed by atoms with van der Waals surface area (Å²) in [6, 6.07) is 15.0. The molecule has 0 unspecified atom stereocenters. The van der Waals surface area contributed by atoms with Gasteiger partial charge in [-0.3, -0.25) is 4.57 Å². The minimum absolute atomic E-state index is 0.0352. The van der Waals surface area contributed by atoms with Crippen molar-refractivity contribution < 1.29 is 4.74 Å². The van der Waals surface area contributed by atoms with E-state index in [0.29, 0.717) is 18.0 Å². The van der Waals surface area contributed by atoms with Crippen molar-refractivity contribution in [3.8, 4) is 5.75 Å². The van der Waals surface area contributed by atoms with Crippen LogP contribution in [0.3, 0.4) is 0 Å². The molecule has 0 aliphatic heterocycles. The lowest BCUT2D eigenvalue weighted by Gasteiger charge is -2.17. The first-order chi connectivity index (χ1) is 14.2. The number of ether oxygens (including phenoxy) is 1. The van der Waals surface area contributed by atoms with E-state index in [1.54, 1.807) is 13.8 Å². The van der Waals surface area contributed by atoms with Crippen LogP contribution >= 0.6 is 0 Å². The Morgan fingerprint density at radius 1 is 1.03 bits per heavy atom. The van der Waals surface area contributed by atoms with Gasteiger partial charge in [0.25, 0.3) is 0 Å². The quantitative estimate of drug-likeness (QED) is 0.642. The number of nitrogens with one attached hydrogen (secondary N) is 1. The van der Waals surface area contributed by atoms with Gasteiger partial charge in [0.1, 0.15) is 5.75 Å². The molecule has 3 aromatic rings. The maximum Gasteiger partial charge on any atom is 0.355 e. The highest BCUT2D eigenvalue weighted by Crippen LogP contribution is 2.21. The Balaban J connectivity index is 2.05. The third-order valence-corrected chi connectivity index (χ3v) is 4.54. The lowest BCUT2D eigenvalue weighted by Crippen LogP contribution is -2.43. The largest absolute Gasteiger partial charge is 0.491 e. The Kier molecular flexibility index (Phi) is 6.40. The van der Waals surface area contributed by atoms with E-state index in [4.69, 9.17) is 4.74 Å². The van der Waals surface area contributed by atoms with E-state index in [9.17, 15) is 9.59 Å². The van der Waals surface area contributed by atoms with E-state index >= 15 is 0 Å². The van der Waals surface area contributed by atoms with Gasteiger partial charge in [-0.05, 0) is 52.3 Å². The first-order valence-corrected chi connectivity index (χ1v) is 10.1. The minimum atomic E-state index is -0.577. The molecule has 0 saturated heterocycles. The van der Waals surface area contributed by atoms with Crippen LogP contribution < -0.4 is 21.4 Å². The summed E-state index contributed by atoms with van der Waals surface area (Å²) in [4.78, 5) is 29.8. The first kappa shape index (κ1) is 21.4. The molecule has 0 saturated carbocycles. The van der Waals surface area contributed by atoms with Crippen LogP contribution in [0.1, 0.15) is 44.9 Å². The molecule has 0 aliphatic rings. The highest BCUT2D eigenvalue weighted by atomic mass is 16.5. The molecule has 30 heavy (non-hydrogen) atoms. The molecule has 0 spiro atoms. The van der Waals surface area contributed by atoms with E-state index in [1.165, 1.54) is 4.57 Å². The standard InChI is InChI=1S/C23H28N4O3/c1-15(2)27-22(28)25-21(24-19-7-6-8-20(13-19)30-16(3)4)26(23(27)29)14-18-11-9-17(5)10-12-18/h6-13,15-16H,14H2,1-5H3,(H,24,25,28). The van der Waals surface area contributed by atoms with Crippen molar-refractivity contribution in [1.82, 2.24) is 14.1 Å². The molecule has 0 amide bonds. The van der Waals surface area contributed by atoms with Gasteiger partial charge >= 0.3 is 11.4 Å². The van der Waals surface area contributed by atoms with Crippen LogP contribution in [0.25, 0.3) is 0 Å². The van der Waals surface area contributed by atoms with Crippen LogP contribution in [0.4, 0.5) is 11.6 Å². The monoisotopic (exact) mass is 408 g/mol. The summed E-state index contributed by atoms with van der Waals surface area (Å²) in [5.41, 5.74) is 1.78. The van der Waals surface area contributed by atoms with Gasteiger partial charge in [0.15, 0.2) is 0 Å². The SMILES string of the molecule is Cc1ccc(Cn2c(Nc3cccc(OC(C)C)c3)nc(=O)n(C(C)C)c2=O)cc1. The first-order valence-electron chi connectivity index (χ1n) is 10.1. The molecule has 0 fully saturated rings. The smallest absolute Gasteiger partial charge is 0.355 e. The van der Waals surface area contributed by atoms with Crippen LogP contribution in [-0.4, -0.2) is 20.2 Å². The molecular weight excluding hydrogens is 380 g/mol. The number of benzene rings is 2. The summed E-state index contributed by atoms with van der Waals surface area (Å²) in [5, 5.41) is 3.12. The van der Waals surface area contributed by atoms with Crippen molar-refractivity contribution in [3.63, 3.8) is 0 Å². The number of anilines is 2. The molecule has 1 heterocycles. The fourth-order valence-electron chi connectivity index (χ4n) is 3.11. The van der Waals surface area contributed by atoms with E-state index in [0.717, 1.165) is 15.7 Å². The molecule has 0 atom stereocenters. The third-order valence-electron chi connectivity index (χ3n) is 4.54. The van der Waals surface area contributed by atoms with E-state index in [-0.39, 0.29) is 18.1 Å². The van der Waals surface area contributed by atoms with E-state index in [2.05, 4.69) is 10.3 Å². The predicted octanol–water partition coefficient (Wildman–Crippen LogP) is 3.87. The van der Waals surface area contributed by atoms with Crippen molar-refractivity contribution in [2.75, 3.05) is 5.32 Å². The fraction of sp³-hybridized carbons (Fsp3) is 0.348. The molecule has 0 bridgehead atoms. The van der Waals surface area contributed by atoms with Gasteiger partial charge in [0.05, 0.1) is 12.6 Å². The topological polar surface area (TPSA) is 78.2 Å². The Morgan fingerprint density at radius 3 is 2.37 bits per heavy atom. The van der Waals surface area contributed by atoms with Crippen LogP contribution in [-0.2, 0) is 6.54 Å². The van der Waals surface area contributed by atoms with E-state index < -0.39 is 11.4 Å². The lowest BCUT2D eigenvalue weighted by atomic mass is 10.1. The number of aromatic nitrogens is 3. The highest BCUT2D eigenvalue weighted by molar-refractivity contribution is 5.56. The van der Waals surface area contributed by atoms with E-state index in [1.807, 2.05) is 69.3 Å². The Hall–Kier alpha value is -3.35. The van der Waals surface area contributed by atoms with Crippen LogP contribution in [0.5, 0.6) is 5.75 Å². The molecule has 7 heteroatoms. The van der Waals surface area contributed by atoms with Crippen LogP contribution in [0, 0.1) is 6.92 Å². The van der Waals surface area contributed by atoms with Gasteiger partial charge in [-0.25, -0.2) is 14.2 Å². The molecule has 1 N–H and O–H groups in total.